The molecule has 1 heterocycles. The van der Waals surface area contributed by atoms with Crippen molar-refractivity contribution in [3.63, 3.8) is 0 Å². The number of hydrogen-bond donors (Lipinski definition) is 1. The van der Waals surface area contributed by atoms with Gasteiger partial charge in [-0.05, 0) is 89.9 Å². The molecule has 38 heavy (non-hydrogen) atoms. The van der Waals surface area contributed by atoms with Crippen molar-refractivity contribution in [3.8, 4) is 11.5 Å². The topological polar surface area (TPSA) is 59.4 Å². The second kappa shape index (κ2) is 14.3. The van der Waals surface area contributed by atoms with Crippen molar-refractivity contribution in [2.75, 3.05) is 12.4 Å². The van der Waals surface area contributed by atoms with Gasteiger partial charge in [0, 0.05) is 22.7 Å². The Morgan fingerprint density at radius 2 is 1.47 bits per heavy atom. The monoisotopic (exact) mass is 525 g/mol. The number of phenolic OH excluding ortho intramolecular Hbond substituents is 1. The van der Waals surface area contributed by atoms with Crippen LogP contribution in [0.5, 0.6) is 11.5 Å². The third-order valence-corrected chi connectivity index (χ3v) is 7.76. The highest BCUT2D eigenvalue weighted by Gasteiger charge is 2.13. The van der Waals surface area contributed by atoms with Crippen LogP contribution in [0.3, 0.4) is 0 Å². The molecule has 0 saturated carbocycles. The Kier molecular flexibility index (Phi) is 10.3. The minimum Gasteiger partial charge on any atom is -0.508 e. The van der Waals surface area contributed by atoms with Gasteiger partial charge in [-0.25, -0.2) is 0 Å². The van der Waals surface area contributed by atoms with E-state index in [4.69, 9.17) is 4.74 Å². The lowest BCUT2D eigenvalue weighted by Gasteiger charge is -2.17. The fourth-order valence-electron chi connectivity index (χ4n) is 4.48. The van der Waals surface area contributed by atoms with E-state index in [2.05, 4.69) is 48.3 Å². The van der Waals surface area contributed by atoms with Gasteiger partial charge in [0.15, 0.2) is 0 Å². The van der Waals surface area contributed by atoms with Gasteiger partial charge in [0.1, 0.15) is 11.5 Å². The van der Waals surface area contributed by atoms with Crippen LogP contribution in [0.2, 0.25) is 0 Å². The van der Waals surface area contributed by atoms with Crippen LogP contribution in [0.4, 0.5) is 0 Å². The molecule has 0 aliphatic rings. The first-order valence-electron chi connectivity index (χ1n) is 13.2. The molecular formula is C33H35NO3S. The summed E-state index contributed by atoms with van der Waals surface area (Å²) in [5.41, 5.74) is 6.67. The summed E-state index contributed by atoms with van der Waals surface area (Å²) in [6.45, 7) is 2.81. The molecule has 0 aliphatic heterocycles. The van der Waals surface area contributed by atoms with Gasteiger partial charge in [-0.15, -0.1) is 0 Å². The first kappa shape index (κ1) is 27.3. The van der Waals surface area contributed by atoms with Crippen LogP contribution in [0.1, 0.15) is 55.0 Å². The number of aromatic hydroxyl groups is 1. The van der Waals surface area contributed by atoms with Gasteiger partial charge < -0.3 is 9.84 Å². The summed E-state index contributed by atoms with van der Waals surface area (Å²) in [6, 6.07) is 31.8. The number of benzene rings is 3. The van der Waals surface area contributed by atoms with Crippen LogP contribution in [0.15, 0.2) is 103 Å². The van der Waals surface area contributed by atoms with Gasteiger partial charge in [-0.2, -0.15) is 0 Å². The lowest BCUT2D eigenvalue weighted by atomic mass is 9.88. The van der Waals surface area contributed by atoms with E-state index in [1.54, 1.807) is 18.3 Å². The number of phenols is 1. The van der Waals surface area contributed by atoms with Crippen LogP contribution >= 0.6 is 0 Å². The van der Waals surface area contributed by atoms with Crippen LogP contribution in [-0.2, 0) is 16.6 Å². The maximum atomic E-state index is 12.3. The van der Waals surface area contributed by atoms with Crippen LogP contribution in [0.25, 0.3) is 11.1 Å². The van der Waals surface area contributed by atoms with Gasteiger partial charge in [0.25, 0.3) is 0 Å². The summed E-state index contributed by atoms with van der Waals surface area (Å²) in [7, 11) is -0.877. The molecule has 3 aromatic carbocycles. The molecule has 0 bridgehead atoms. The summed E-state index contributed by atoms with van der Waals surface area (Å²) in [5, 5.41) is 9.83. The van der Waals surface area contributed by atoms with Crippen molar-refractivity contribution in [1.29, 1.82) is 0 Å². The molecule has 0 fully saturated rings. The highest BCUT2D eigenvalue weighted by molar-refractivity contribution is 7.84. The van der Waals surface area contributed by atoms with E-state index in [1.165, 1.54) is 11.1 Å². The molecule has 0 spiro atoms. The Morgan fingerprint density at radius 1 is 0.789 bits per heavy atom. The summed E-state index contributed by atoms with van der Waals surface area (Å²) in [4.78, 5) is 4.25. The zero-order valence-electron chi connectivity index (χ0n) is 21.9. The zero-order chi connectivity index (χ0) is 26.6. The summed E-state index contributed by atoms with van der Waals surface area (Å²) in [5.74, 6) is 2.32. The molecule has 196 valence electrons. The second-order valence-corrected chi connectivity index (χ2v) is 10.7. The Bertz CT molecular complexity index is 1320. The number of nitrogens with zero attached hydrogens (tertiary/aromatic N) is 1. The van der Waals surface area contributed by atoms with E-state index in [-0.39, 0.29) is 5.75 Å². The van der Waals surface area contributed by atoms with E-state index in [1.807, 2.05) is 48.5 Å². The van der Waals surface area contributed by atoms with E-state index in [9.17, 15) is 9.32 Å². The predicted molar refractivity (Wildman–Crippen MR) is 157 cm³/mol. The molecule has 0 amide bonds. The highest BCUT2D eigenvalue weighted by Crippen LogP contribution is 2.35. The average Bonchev–Trinajstić information content (AvgIpc) is 2.95. The summed E-state index contributed by atoms with van der Waals surface area (Å²) < 4.78 is 18.3. The van der Waals surface area contributed by atoms with E-state index in [0.29, 0.717) is 18.1 Å². The Hall–Kier alpha value is -3.70. The molecule has 5 heteroatoms. The molecule has 0 saturated heterocycles. The maximum Gasteiger partial charge on any atom is 0.119 e. The SMILES string of the molecule is CC/C(=C(/c1ccc(O)cc1)c1ccc(OCCCCCS(=O)Cc2ccccn2)cc1)c1ccccc1. The number of ether oxygens (including phenoxy) is 1. The lowest BCUT2D eigenvalue weighted by molar-refractivity contribution is 0.306. The number of rotatable bonds is 13. The number of allylic oxidation sites excluding steroid dienone is 1. The Morgan fingerprint density at radius 3 is 2.13 bits per heavy atom. The quantitative estimate of drug-likeness (QED) is 0.144. The largest absolute Gasteiger partial charge is 0.508 e. The highest BCUT2D eigenvalue weighted by atomic mass is 32.2. The van der Waals surface area contributed by atoms with Crippen LogP contribution in [-0.4, -0.2) is 26.7 Å². The second-order valence-electron chi connectivity index (χ2n) is 9.16. The number of unbranched alkanes of at least 4 members (excludes halogenated alkanes) is 2. The maximum absolute atomic E-state index is 12.3. The van der Waals surface area contributed by atoms with Crippen molar-refractivity contribution >= 4 is 21.9 Å². The average molecular weight is 526 g/mol. The van der Waals surface area contributed by atoms with Crippen LogP contribution < -0.4 is 4.74 Å². The van der Waals surface area contributed by atoms with Crippen molar-refractivity contribution in [1.82, 2.24) is 4.98 Å². The first-order chi connectivity index (χ1) is 18.6. The van der Waals surface area contributed by atoms with Crippen LogP contribution in [0, 0.1) is 0 Å². The molecule has 0 aliphatic carbocycles. The van der Waals surface area contributed by atoms with E-state index < -0.39 is 10.8 Å². The summed E-state index contributed by atoms with van der Waals surface area (Å²) in [6.07, 6.45) is 5.45. The molecule has 4 rings (SSSR count). The third-order valence-electron chi connectivity index (χ3n) is 6.40. The molecule has 1 unspecified atom stereocenters. The van der Waals surface area contributed by atoms with E-state index in [0.717, 1.165) is 53.8 Å². The molecule has 1 N–H and O–H groups in total. The van der Waals surface area contributed by atoms with Crippen molar-refractivity contribution in [2.24, 2.45) is 0 Å². The van der Waals surface area contributed by atoms with Crippen molar-refractivity contribution < 1.29 is 14.1 Å². The van der Waals surface area contributed by atoms with Gasteiger partial charge >= 0.3 is 0 Å². The molecule has 1 aromatic heterocycles. The fourth-order valence-corrected chi connectivity index (χ4v) is 5.65. The summed E-state index contributed by atoms with van der Waals surface area (Å²) >= 11 is 0. The van der Waals surface area contributed by atoms with Gasteiger partial charge in [-0.3, -0.25) is 9.19 Å². The minimum atomic E-state index is -0.877. The fraction of sp³-hybridized carbons (Fsp3) is 0.242. The number of pyridine rings is 1. The number of hydrogen-bond acceptors (Lipinski definition) is 4. The smallest absolute Gasteiger partial charge is 0.119 e. The molecule has 0 radical (unpaired) electrons. The minimum absolute atomic E-state index is 0.258. The van der Waals surface area contributed by atoms with E-state index >= 15 is 0 Å². The standard InChI is InChI=1S/C33H35NO3S/c1-2-32(26-11-5-3-6-12-26)33(27-14-18-30(35)19-15-27)28-16-20-31(21-17-28)37-23-9-4-10-24-38(36)25-29-13-7-8-22-34-29/h3,5-8,11-22,35H,2,4,9-10,23-25H2,1H3/b33-32+. The van der Waals surface area contributed by atoms with Gasteiger partial charge in [0.2, 0.25) is 0 Å². The van der Waals surface area contributed by atoms with Crippen molar-refractivity contribution in [2.45, 2.75) is 38.4 Å². The normalized spacial score (nSPS) is 12.6. The zero-order valence-corrected chi connectivity index (χ0v) is 22.7. The number of aromatic nitrogens is 1. The molecular weight excluding hydrogens is 490 g/mol. The Labute approximate surface area is 228 Å². The molecule has 4 nitrogen and oxygen atoms in total. The van der Waals surface area contributed by atoms with Gasteiger partial charge in [0.05, 0.1) is 18.1 Å². The lowest BCUT2D eigenvalue weighted by Crippen LogP contribution is -2.04. The molecule has 1 atom stereocenters. The Balaban J connectivity index is 1.35. The molecule has 4 aromatic rings. The van der Waals surface area contributed by atoms with Gasteiger partial charge in [-0.1, -0.05) is 67.6 Å². The third kappa shape index (κ3) is 7.90. The predicted octanol–water partition coefficient (Wildman–Crippen LogP) is 7.65. The van der Waals surface area contributed by atoms with Crippen molar-refractivity contribution in [3.05, 3.63) is 126 Å². The first-order valence-corrected chi connectivity index (χ1v) is 14.7.